The van der Waals surface area contributed by atoms with Crippen molar-refractivity contribution >= 4 is 23.8 Å². The average molecular weight is 540 g/mol. The molecule has 1 aromatic carbocycles. The van der Waals surface area contributed by atoms with Crippen molar-refractivity contribution in [1.29, 1.82) is 0 Å². The van der Waals surface area contributed by atoms with Gasteiger partial charge in [0.25, 0.3) is 0 Å². The molecule has 2 aliphatic heterocycles. The summed E-state index contributed by atoms with van der Waals surface area (Å²) in [5, 5.41) is 15.6. The molecule has 2 aliphatic rings. The molecule has 212 valence electrons. The molecule has 3 N–H and O–H groups in total. The quantitative estimate of drug-likeness (QED) is 0.452. The molecule has 0 spiro atoms. The van der Waals surface area contributed by atoms with E-state index in [1.807, 2.05) is 24.3 Å². The van der Waals surface area contributed by atoms with Crippen molar-refractivity contribution < 1.29 is 24.2 Å². The van der Waals surface area contributed by atoms with E-state index in [1.54, 1.807) is 18.3 Å². The fourth-order valence-electron chi connectivity index (χ4n) is 4.45. The van der Waals surface area contributed by atoms with Gasteiger partial charge in [0.15, 0.2) is 0 Å². The normalized spacial score (nSPS) is 20.3. The number of hydrogen-bond acceptors (Lipinski definition) is 8. The van der Waals surface area contributed by atoms with Gasteiger partial charge in [-0.3, -0.25) is 19.5 Å². The van der Waals surface area contributed by atoms with Crippen molar-refractivity contribution in [2.45, 2.75) is 50.8 Å². The molecular formula is C29H41N5O5. The number of amides is 2. The van der Waals surface area contributed by atoms with Crippen molar-refractivity contribution in [2.75, 3.05) is 51.3 Å². The van der Waals surface area contributed by atoms with E-state index in [9.17, 15) is 19.5 Å². The zero-order valence-corrected chi connectivity index (χ0v) is 23.3. The summed E-state index contributed by atoms with van der Waals surface area (Å²) in [4.78, 5) is 45.5. The van der Waals surface area contributed by atoms with Gasteiger partial charge >= 0.3 is 0 Å². The van der Waals surface area contributed by atoms with Crippen LogP contribution in [0.25, 0.3) is 0 Å². The highest BCUT2D eigenvalue weighted by atomic mass is 16.5. The number of β-amino-alcohol motifs (C(OH)–C–C–N with tert-alkyl or cyclic N) is 1. The van der Waals surface area contributed by atoms with Gasteiger partial charge in [0.2, 0.25) is 11.8 Å². The molecule has 0 saturated carbocycles. The number of morpholine rings is 1. The monoisotopic (exact) mass is 539 g/mol. The topological polar surface area (TPSA) is 124 Å². The van der Waals surface area contributed by atoms with Crippen LogP contribution in [0.1, 0.15) is 44.4 Å². The van der Waals surface area contributed by atoms with Gasteiger partial charge in [-0.15, -0.1) is 0 Å². The maximum atomic E-state index is 13.6. The van der Waals surface area contributed by atoms with Crippen LogP contribution >= 0.6 is 0 Å². The number of nitrogens with one attached hydrogen (secondary N) is 2. The van der Waals surface area contributed by atoms with E-state index < -0.39 is 24.1 Å². The van der Waals surface area contributed by atoms with Gasteiger partial charge in [-0.2, -0.15) is 0 Å². The van der Waals surface area contributed by atoms with Gasteiger partial charge in [-0.05, 0) is 42.6 Å². The Kier molecular flexibility index (Phi) is 11.1. The minimum absolute atomic E-state index is 0.0748. The molecule has 0 radical (unpaired) electrons. The van der Waals surface area contributed by atoms with Crippen LogP contribution in [0.2, 0.25) is 0 Å². The predicted molar refractivity (Wildman–Crippen MR) is 149 cm³/mol. The molecule has 2 amide bonds. The van der Waals surface area contributed by atoms with E-state index in [0.717, 1.165) is 31.9 Å². The second kappa shape index (κ2) is 14.3. The summed E-state index contributed by atoms with van der Waals surface area (Å²) in [6, 6.07) is 9.27. The van der Waals surface area contributed by atoms with Gasteiger partial charge < -0.3 is 30.2 Å². The van der Waals surface area contributed by atoms with E-state index in [4.69, 9.17) is 4.74 Å². The van der Waals surface area contributed by atoms with Crippen molar-refractivity contribution in [3.05, 3.63) is 59.9 Å². The van der Waals surface area contributed by atoms with Crippen LogP contribution in [0.4, 0.5) is 5.69 Å². The number of benzene rings is 1. The van der Waals surface area contributed by atoms with Gasteiger partial charge in [0.05, 0.1) is 31.9 Å². The lowest BCUT2D eigenvalue weighted by atomic mass is 9.87. The standard InChI is InChI=1S/C24H30N4O4.C5H11NO/c1-24(2,3)17-6-8-18(9-7-17)28(23(32)20-13-19(30)15-27-20)21(22(31)26-11-12-29)16-5-4-10-25-14-16;1-6-2-4-7-5-3-6/h4-10,12,14,19-21,27,30H,11,13,15H2,1-3H3,(H,26,31);2-5H2,1H3. The van der Waals surface area contributed by atoms with E-state index >= 15 is 0 Å². The van der Waals surface area contributed by atoms with Crippen LogP contribution in [0.5, 0.6) is 0 Å². The van der Waals surface area contributed by atoms with Crippen LogP contribution in [0, 0.1) is 0 Å². The number of aliphatic hydroxyl groups excluding tert-OH is 1. The third-order valence-electron chi connectivity index (χ3n) is 6.76. The Hall–Kier alpha value is -3.18. The van der Waals surface area contributed by atoms with Gasteiger partial charge in [-0.1, -0.05) is 39.0 Å². The number of anilines is 1. The summed E-state index contributed by atoms with van der Waals surface area (Å²) in [6.07, 6.45) is 3.34. The molecule has 1 aromatic heterocycles. The zero-order chi connectivity index (χ0) is 28.4. The first-order chi connectivity index (χ1) is 18.6. The molecule has 3 heterocycles. The Balaban J connectivity index is 0.000000520. The van der Waals surface area contributed by atoms with Gasteiger partial charge in [-0.25, -0.2) is 0 Å². The molecule has 2 aromatic rings. The number of aldehydes is 1. The fourth-order valence-corrected chi connectivity index (χ4v) is 4.45. The van der Waals surface area contributed by atoms with Crippen LogP contribution < -0.4 is 15.5 Å². The highest BCUT2D eigenvalue weighted by molar-refractivity contribution is 6.04. The third kappa shape index (κ3) is 8.66. The molecule has 10 nitrogen and oxygen atoms in total. The predicted octanol–water partition coefficient (Wildman–Crippen LogP) is 1.44. The summed E-state index contributed by atoms with van der Waals surface area (Å²) in [7, 11) is 2.11. The molecule has 39 heavy (non-hydrogen) atoms. The second-order valence-corrected chi connectivity index (χ2v) is 10.9. The summed E-state index contributed by atoms with van der Waals surface area (Å²) in [5.74, 6) is -0.822. The molecule has 4 rings (SSSR count). The summed E-state index contributed by atoms with van der Waals surface area (Å²) in [5.41, 5.74) is 2.07. The van der Waals surface area contributed by atoms with Gasteiger partial charge in [0, 0.05) is 43.3 Å². The van der Waals surface area contributed by atoms with Crippen LogP contribution in [-0.4, -0.2) is 91.7 Å². The first-order valence-electron chi connectivity index (χ1n) is 13.3. The van der Waals surface area contributed by atoms with Crippen molar-refractivity contribution in [3.63, 3.8) is 0 Å². The minimum Gasteiger partial charge on any atom is -0.392 e. The largest absolute Gasteiger partial charge is 0.392 e. The molecule has 0 bridgehead atoms. The molecule has 2 saturated heterocycles. The summed E-state index contributed by atoms with van der Waals surface area (Å²) in [6.45, 7) is 10.5. The van der Waals surface area contributed by atoms with Crippen molar-refractivity contribution in [3.8, 4) is 0 Å². The SMILES string of the molecule is CC(C)(C)c1ccc(N(C(=O)C2CC(O)CN2)C(C(=O)NCC=O)c2cccnc2)cc1.CN1CCOCC1. The number of likely N-dealkylation sites (N-methyl/N-ethyl adjacent to an activating group) is 1. The zero-order valence-electron chi connectivity index (χ0n) is 23.3. The highest BCUT2D eigenvalue weighted by Crippen LogP contribution is 2.32. The Bertz CT molecular complexity index is 1070. The summed E-state index contributed by atoms with van der Waals surface area (Å²) >= 11 is 0. The van der Waals surface area contributed by atoms with Crippen molar-refractivity contribution in [2.24, 2.45) is 0 Å². The first kappa shape index (κ1) is 30.4. The minimum atomic E-state index is -1.03. The maximum absolute atomic E-state index is 13.6. The fraction of sp³-hybridized carbons (Fsp3) is 0.517. The Morgan fingerprint density at radius 2 is 1.92 bits per heavy atom. The number of rotatable bonds is 7. The number of nitrogens with zero attached hydrogens (tertiary/aromatic N) is 3. The molecule has 10 heteroatoms. The molecule has 0 aliphatic carbocycles. The maximum Gasteiger partial charge on any atom is 0.248 e. The Labute approximate surface area is 230 Å². The molecule has 3 atom stereocenters. The van der Waals surface area contributed by atoms with Gasteiger partial charge in [0.1, 0.15) is 12.3 Å². The number of hydrogen-bond donors (Lipinski definition) is 3. The lowest BCUT2D eigenvalue weighted by molar-refractivity contribution is -0.127. The van der Waals surface area contributed by atoms with E-state index in [0.29, 0.717) is 24.1 Å². The second-order valence-electron chi connectivity index (χ2n) is 10.9. The van der Waals surface area contributed by atoms with Crippen molar-refractivity contribution in [1.82, 2.24) is 20.5 Å². The van der Waals surface area contributed by atoms with Crippen LogP contribution in [0.3, 0.4) is 0 Å². The number of carbonyl (C=O) groups excluding carboxylic acids is 3. The Morgan fingerprint density at radius 3 is 2.41 bits per heavy atom. The number of aromatic nitrogens is 1. The van der Waals surface area contributed by atoms with E-state index in [2.05, 4.69) is 48.3 Å². The lowest BCUT2D eigenvalue weighted by Gasteiger charge is -2.33. The van der Waals surface area contributed by atoms with E-state index in [1.165, 1.54) is 11.1 Å². The average Bonchev–Trinajstić information content (AvgIpc) is 3.37. The van der Waals surface area contributed by atoms with Crippen LogP contribution in [-0.2, 0) is 24.5 Å². The highest BCUT2D eigenvalue weighted by Gasteiger charge is 2.39. The molecular weight excluding hydrogens is 498 g/mol. The van der Waals surface area contributed by atoms with E-state index in [-0.39, 0.29) is 24.3 Å². The lowest BCUT2D eigenvalue weighted by Crippen LogP contribution is -2.50. The number of pyridine rings is 1. The Morgan fingerprint density at radius 1 is 1.23 bits per heavy atom. The number of carbonyl (C=O) groups is 3. The smallest absolute Gasteiger partial charge is 0.248 e. The third-order valence-corrected chi connectivity index (χ3v) is 6.76. The number of ether oxygens (including phenoxy) is 1. The molecule has 3 unspecified atom stereocenters. The molecule has 2 fully saturated rings. The summed E-state index contributed by atoms with van der Waals surface area (Å²) < 4.78 is 5.10. The first-order valence-corrected chi connectivity index (χ1v) is 13.3. The number of aliphatic hydroxyl groups is 1. The van der Waals surface area contributed by atoms with Crippen LogP contribution in [0.15, 0.2) is 48.8 Å².